The first kappa shape index (κ1) is 15.3. The molecule has 1 aliphatic heterocycles. The SMILES string of the molecule is NC(=O)C1c2ccccc2CCN1S(=O)(=O)CCCCl. The van der Waals surface area contributed by atoms with Crippen LogP contribution in [0.1, 0.15) is 23.6 Å². The number of rotatable bonds is 5. The fraction of sp³-hybridized carbons (Fsp3) is 0.462. The lowest BCUT2D eigenvalue weighted by molar-refractivity contribution is -0.122. The standard InChI is InChI=1S/C13H17ClN2O3S/c14-7-3-9-20(18,19)16-8-6-10-4-1-2-5-11(10)12(16)13(15)17/h1-2,4-5,12H,3,6-9H2,(H2,15,17). The van der Waals surface area contributed by atoms with Crippen molar-refractivity contribution in [3.8, 4) is 0 Å². The highest BCUT2D eigenvalue weighted by Crippen LogP contribution is 2.31. The predicted octanol–water partition coefficient (Wildman–Crippen LogP) is 1.03. The third-order valence-electron chi connectivity index (χ3n) is 3.40. The summed E-state index contributed by atoms with van der Waals surface area (Å²) in [5, 5.41) is 0. The van der Waals surface area contributed by atoms with Crippen molar-refractivity contribution in [2.75, 3.05) is 18.2 Å². The van der Waals surface area contributed by atoms with E-state index in [1.165, 1.54) is 4.31 Å². The number of benzene rings is 1. The summed E-state index contributed by atoms with van der Waals surface area (Å²) >= 11 is 5.55. The molecular formula is C13H17ClN2O3S. The van der Waals surface area contributed by atoms with Gasteiger partial charge in [0.1, 0.15) is 6.04 Å². The highest BCUT2D eigenvalue weighted by Gasteiger charge is 2.38. The fourth-order valence-corrected chi connectivity index (χ4v) is 4.44. The van der Waals surface area contributed by atoms with Gasteiger partial charge in [0.15, 0.2) is 0 Å². The summed E-state index contributed by atoms with van der Waals surface area (Å²) in [6.45, 7) is 0.273. The Morgan fingerprint density at radius 2 is 2.10 bits per heavy atom. The van der Waals surface area contributed by atoms with Gasteiger partial charge in [-0.1, -0.05) is 24.3 Å². The second kappa shape index (κ2) is 6.11. The molecule has 0 fully saturated rings. The molecule has 0 bridgehead atoms. The van der Waals surface area contributed by atoms with Crippen LogP contribution in [0.15, 0.2) is 24.3 Å². The second-order valence-corrected chi connectivity index (χ2v) is 7.14. The maximum atomic E-state index is 12.3. The minimum absolute atomic E-state index is 0.0670. The minimum Gasteiger partial charge on any atom is -0.368 e. The number of primary amides is 1. The summed E-state index contributed by atoms with van der Waals surface area (Å²) in [6, 6.07) is 6.39. The van der Waals surface area contributed by atoms with Gasteiger partial charge in [0.2, 0.25) is 15.9 Å². The van der Waals surface area contributed by atoms with Gasteiger partial charge in [-0.2, -0.15) is 4.31 Å². The van der Waals surface area contributed by atoms with E-state index in [9.17, 15) is 13.2 Å². The van der Waals surface area contributed by atoms with Crippen LogP contribution in [0.2, 0.25) is 0 Å². The van der Waals surface area contributed by atoms with Gasteiger partial charge in [0, 0.05) is 12.4 Å². The van der Waals surface area contributed by atoms with Crippen LogP contribution in [0.5, 0.6) is 0 Å². The van der Waals surface area contributed by atoms with Gasteiger partial charge >= 0.3 is 0 Å². The highest BCUT2D eigenvalue weighted by molar-refractivity contribution is 7.89. The van der Waals surface area contributed by atoms with E-state index >= 15 is 0 Å². The summed E-state index contributed by atoms with van der Waals surface area (Å²) in [5.74, 6) is -0.445. The number of sulfonamides is 1. The quantitative estimate of drug-likeness (QED) is 0.824. The second-order valence-electron chi connectivity index (χ2n) is 4.72. The number of halogens is 1. The number of amides is 1. The summed E-state index contributed by atoms with van der Waals surface area (Å²) in [4.78, 5) is 11.7. The molecule has 0 saturated heterocycles. The Morgan fingerprint density at radius 3 is 2.75 bits per heavy atom. The van der Waals surface area contributed by atoms with E-state index in [0.29, 0.717) is 18.4 Å². The molecule has 1 unspecified atom stereocenters. The van der Waals surface area contributed by atoms with Crippen molar-refractivity contribution < 1.29 is 13.2 Å². The molecule has 0 aromatic heterocycles. The molecule has 0 radical (unpaired) electrons. The van der Waals surface area contributed by atoms with Crippen LogP contribution >= 0.6 is 11.6 Å². The van der Waals surface area contributed by atoms with Crippen molar-refractivity contribution >= 4 is 27.5 Å². The van der Waals surface area contributed by atoms with E-state index in [1.807, 2.05) is 12.1 Å². The lowest BCUT2D eigenvalue weighted by atomic mass is 9.94. The number of carbonyl (C=O) groups excluding carboxylic acids is 1. The number of nitrogens with zero attached hydrogens (tertiary/aromatic N) is 1. The van der Waals surface area contributed by atoms with E-state index < -0.39 is 22.0 Å². The molecule has 1 atom stereocenters. The Hall–Kier alpha value is -1.11. The maximum absolute atomic E-state index is 12.3. The molecule has 7 heteroatoms. The first-order chi connectivity index (χ1) is 9.47. The fourth-order valence-electron chi connectivity index (χ4n) is 2.49. The zero-order chi connectivity index (χ0) is 14.8. The van der Waals surface area contributed by atoms with Crippen molar-refractivity contribution in [3.63, 3.8) is 0 Å². The van der Waals surface area contributed by atoms with Crippen molar-refractivity contribution in [3.05, 3.63) is 35.4 Å². The molecule has 0 aliphatic carbocycles. The molecule has 1 aromatic carbocycles. The van der Waals surface area contributed by atoms with Crippen LogP contribution < -0.4 is 5.73 Å². The van der Waals surface area contributed by atoms with Crippen LogP contribution in [0.4, 0.5) is 0 Å². The van der Waals surface area contributed by atoms with Crippen molar-refractivity contribution in [2.45, 2.75) is 18.9 Å². The normalized spacial score (nSPS) is 19.6. The molecule has 110 valence electrons. The average Bonchev–Trinajstić information content (AvgIpc) is 2.43. The maximum Gasteiger partial charge on any atom is 0.240 e. The molecule has 1 aliphatic rings. The van der Waals surface area contributed by atoms with E-state index in [4.69, 9.17) is 17.3 Å². The van der Waals surface area contributed by atoms with Gasteiger partial charge in [-0.3, -0.25) is 4.79 Å². The summed E-state index contributed by atoms with van der Waals surface area (Å²) < 4.78 is 25.9. The van der Waals surface area contributed by atoms with Gasteiger partial charge in [0.25, 0.3) is 0 Å². The average molecular weight is 317 g/mol. The van der Waals surface area contributed by atoms with Crippen molar-refractivity contribution in [1.82, 2.24) is 4.31 Å². The van der Waals surface area contributed by atoms with E-state index in [2.05, 4.69) is 0 Å². The lowest BCUT2D eigenvalue weighted by Gasteiger charge is -2.34. The lowest BCUT2D eigenvalue weighted by Crippen LogP contribution is -2.46. The van der Waals surface area contributed by atoms with Crippen LogP contribution in [0.3, 0.4) is 0 Å². The molecule has 1 heterocycles. The minimum atomic E-state index is -3.53. The van der Waals surface area contributed by atoms with Gasteiger partial charge < -0.3 is 5.73 Å². The molecule has 0 saturated carbocycles. The van der Waals surface area contributed by atoms with Crippen LogP contribution in [-0.2, 0) is 21.2 Å². The molecule has 2 rings (SSSR count). The molecule has 20 heavy (non-hydrogen) atoms. The number of hydrogen-bond donors (Lipinski definition) is 1. The van der Waals surface area contributed by atoms with E-state index in [-0.39, 0.29) is 18.2 Å². The third-order valence-corrected chi connectivity index (χ3v) is 5.58. The van der Waals surface area contributed by atoms with E-state index in [0.717, 1.165) is 5.56 Å². The third kappa shape index (κ3) is 2.97. The Labute approximate surface area is 123 Å². The van der Waals surface area contributed by atoms with Crippen molar-refractivity contribution in [1.29, 1.82) is 0 Å². The van der Waals surface area contributed by atoms with Crippen molar-refractivity contribution in [2.24, 2.45) is 5.73 Å². The van der Waals surface area contributed by atoms with Crippen LogP contribution in [0, 0.1) is 0 Å². The molecular weight excluding hydrogens is 300 g/mol. The Kier molecular flexibility index (Phi) is 4.67. The van der Waals surface area contributed by atoms with Gasteiger partial charge in [-0.15, -0.1) is 11.6 Å². The number of carbonyl (C=O) groups is 1. The molecule has 5 nitrogen and oxygen atoms in total. The van der Waals surface area contributed by atoms with Crippen LogP contribution in [-0.4, -0.2) is 36.8 Å². The zero-order valence-corrected chi connectivity index (χ0v) is 12.5. The first-order valence-corrected chi connectivity index (χ1v) is 8.54. The summed E-state index contributed by atoms with van der Waals surface area (Å²) in [5.41, 5.74) is 7.08. The first-order valence-electron chi connectivity index (χ1n) is 6.40. The predicted molar refractivity (Wildman–Crippen MR) is 77.9 cm³/mol. The monoisotopic (exact) mass is 316 g/mol. The Bertz CT molecular complexity index is 603. The Morgan fingerprint density at radius 1 is 1.40 bits per heavy atom. The summed E-state index contributed by atoms with van der Waals surface area (Å²) in [6.07, 6.45) is 0.938. The largest absolute Gasteiger partial charge is 0.368 e. The number of nitrogens with two attached hydrogens (primary N) is 1. The van der Waals surface area contributed by atoms with Crippen LogP contribution in [0.25, 0.3) is 0 Å². The number of alkyl halides is 1. The summed E-state index contributed by atoms with van der Waals surface area (Å²) in [7, 11) is -3.53. The van der Waals surface area contributed by atoms with E-state index in [1.54, 1.807) is 12.1 Å². The van der Waals surface area contributed by atoms with Gasteiger partial charge in [-0.25, -0.2) is 8.42 Å². The Balaban J connectivity index is 2.39. The molecule has 2 N–H and O–H groups in total. The molecule has 0 spiro atoms. The number of fused-ring (bicyclic) bond motifs is 1. The molecule has 1 amide bonds. The van der Waals surface area contributed by atoms with Gasteiger partial charge in [-0.05, 0) is 24.0 Å². The topological polar surface area (TPSA) is 80.5 Å². The smallest absolute Gasteiger partial charge is 0.240 e. The molecule has 1 aromatic rings. The number of hydrogen-bond acceptors (Lipinski definition) is 3. The zero-order valence-electron chi connectivity index (χ0n) is 11.0. The highest BCUT2D eigenvalue weighted by atomic mass is 35.5. The van der Waals surface area contributed by atoms with Gasteiger partial charge in [0.05, 0.1) is 5.75 Å².